The number of nitrogens with one attached hydrogen (secondary N) is 1. The lowest BCUT2D eigenvalue weighted by atomic mass is 10.3. The second-order valence-corrected chi connectivity index (χ2v) is 4.18. The van der Waals surface area contributed by atoms with Gasteiger partial charge in [0.1, 0.15) is 0 Å². The molecule has 0 aliphatic rings. The van der Waals surface area contributed by atoms with E-state index in [2.05, 4.69) is 32.1 Å². The predicted octanol–water partition coefficient (Wildman–Crippen LogP) is 1.29. The second-order valence-electron chi connectivity index (χ2n) is 3.84. The number of hydrogen-bond acceptors (Lipinski definition) is 6. The maximum absolute atomic E-state index is 5.77. The van der Waals surface area contributed by atoms with Crippen molar-refractivity contribution in [1.82, 2.24) is 19.9 Å². The quantitative estimate of drug-likeness (QED) is 0.831. The van der Waals surface area contributed by atoms with Crippen LogP contribution in [0.4, 0.5) is 5.95 Å². The average molecular weight is 260 g/mol. The Morgan fingerprint density at radius 3 is 2.65 bits per heavy atom. The molecule has 0 radical (unpaired) electrons. The maximum atomic E-state index is 5.77. The van der Waals surface area contributed by atoms with Gasteiger partial charge >= 0.3 is 6.01 Å². The fourth-order valence-electron chi connectivity index (χ4n) is 1.03. The van der Waals surface area contributed by atoms with Gasteiger partial charge in [0.05, 0.1) is 6.61 Å². The van der Waals surface area contributed by atoms with Crippen molar-refractivity contribution in [3.63, 3.8) is 0 Å². The van der Waals surface area contributed by atoms with Crippen LogP contribution in [-0.2, 0) is 0 Å². The fraction of sp³-hybridized carbons (Fsp3) is 0.700. The Morgan fingerprint density at radius 2 is 2.06 bits per heavy atom. The molecule has 0 aliphatic heterocycles. The fourth-order valence-corrected chi connectivity index (χ4v) is 1.18. The summed E-state index contributed by atoms with van der Waals surface area (Å²) in [7, 11) is 4.02. The number of hydrogen-bond donors (Lipinski definition) is 1. The molecule has 1 heterocycles. The van der Waals surface area contributed by atoms with Crippen molar-refractivity contribution in [3.05, 3.63) is 5.28 Å². The molecular formula is C10H18ClN5O. The molecule has 7 heteroatoms. The Bertz CT molecular complexity index is 361. The summed E-state index contributed by atoms with van der Waals surface area (Å²) in [6.45, 7) is 5.17. The molecular weight excluding hydrogens is 242 g/mol. The van der Waals surface area contributed by atoms with Crippen LogP contribution in [0.5, 0.6) is 6.01 Å². The minimum absolute atomic E-state index is 0.128. The minimum atomic E-state index is 0.128. The van der Waals surface area contributed by atoms with E-state index >= 15 is 0 Å². The molecule has 0 aliphatic carbocycles. The molecule has 0 saturated carbocycles. The van der Waals surface area contributed by atoms with Gasteiger partial charge in [-0.25, -0.2) is 0 Å². The van der Waals surface area contributed by atoms with Crippen molar-refractivity contribution in [2.75, 3.05) is 32.6 Å². The summed E-state index contributed by atoms with van der Waals surface area (Å²) in [6.07, 6.45) is 0. The largest absolute Gasteiger partial charge is 0.464 e. The average Bonchev–Trinajstić information content (AvgIpc) is 2.25. The van der Waals surface area contributed by atoms with E-state index in [1.807, 2.05) is 21.0 Å². The van der Waals surface area contributed by atoms with Gasteiger partial charge in [-0.2, -0.15) is 15.0 Å². The molecule has 1 atom stereocenters. The number of rotatable bonds is 6. The predicted molar refractivity (Wildman–Crippen MR) is 67.6 cm³/mol. The van der Waals surface area contributed by atoms with Crippen LogP contribution in [0.15, 0.2) is 0 Å². The van der Waals surface area contributed by atoms with Crippen LogP contribution in [0.2, 0.25) is 5.28 Å². The zero-order chi connectivity index (χ0) is 12.8. The van der Waals surface area contributed by atoms with Gasteiger partial charge in [-0.05, 0) is 39.5 Å². The van der Waals surface area contributed by atoms with E-state index in [0.717, 1.165) is 6.54 Å². The molecule has 6 nitrogen and oxygen atoms in total. The number of nitrogens with zero attached hydrogens (tertiary/aromatic N) is 4. The van der Waals surface area contributed by atoms with Crippen molar-refractivity contribution in [1.29, 1.82) is 0 Å². The van der Waals surface area contributed by atoms with E-state index in [1.165, 1.54) is 0 Å². The van der Waals surface area contributed by atoms with Crippen LogP contribution in [0.3, 0.4) is 0 Å². The zero-order valence-corrected chi connectivity index (χ0v) is 11.3. The van der Waals surface area contributed by atoms with Crippen LogP contribution in [0.25, 0.3) is 0 Å². The van der Waals surface area contributed by atoms with Gasteiger partial charge in [-0.15, -0.1) is 0 Å². The summed E-state index contributed by atoms with van der Waals surface area (Å²) in [4.78, 5) is 14.0. The lowest BCUT2D eigenvalue weighted by molar-refractivity contribution is 0.311. The highest BCUT2D eigenvalue weighted by Gasteiger charge is 2.08. The molecule has 1 aromatic heterocycles. The molecule has 17 heavy (non-hydrogen) atoms. The third-order valence-corrected chi connectivity index (χ3v) is 2.47. The molecule has 0 saturated heterocycles. The summed E-state index contributed by atoms with van der Waals surface area (Å²) >= 11 is 5.77. The Hall–Kier alpha value is -1.14. The Labute approximate surface area is 106 Å². The normalized spacial score (nSPS) is 12.6. The highest BCUT2D eigenvalue weighted by molar-refractivity contribution is 6.28. The highest BCUT2D eigenvalue weighted by atomic mass is 35.5. The first-order valence-electron chi connectivity index (χ1n) is 5.47. The Balaban J connectivity index is 2.64. The van der Waals surface area contributed by atoms with Gasteiger partial charge < -0.3 is 15.0 Å². The van der Waals surface area contributed by atoms with Gasteiger partial charge in [0.2, 0.25) is 11.2 Å². The molecule has 0 spiro atoms. The molecule has 1 unspecified atom stereocenters. The summed E-state index contributed by atoms with van der Waals surface area (Å²) in [5.74, 6) is 0.433. The molecule has 0 amide bonds. The van der Waals surface area contributed by atoms with E-state index in [-0.39, 0.29) is 11.3 Å². The van der Waals surface area contributed by atoms with Crippen LogP contribution in [0.1, 0.15) is 13.8 Å². The van der Waals surface area contributed by atoms with Crippen LogP contribution in [-0.4, -0.2) is 53.1 Å². The van der Waals surface area contributed by atoms with Crippen molar-refractivity contribution in [3.8, 4) is 6.01 Å². The molecule has 1 N–H and O–H groups in total. The Kier molecular flexibility index (Phi) is 5.37. The highest BCUT2D eigenvalue weighted by Crippen LogP contribution is 2.11. The van der Waals surface area contributed by atoms with Gasteiger partial charge in [0.15, 0.2) is 0 Å². The van der Waals surface area contributed by atoms with Crippen molar-refractivity contribution in [2.24, 2.45) is 0 Å². The minimum Gasteiger partial charge on any atom is -0.464 e. The first kappa shape index (κ1) is 13.9. The van der Waals surface area contributed by atoms with Gasteiger partial charge in [0.25, 0.3) is 0 Å². The number of halogens is 1. The SMILES string of the molecule is CCOc1nc(Cl)nc(NCC(C)N(C)C)n1. The van der Waals surface area contributed by atoms with Gasteiger partial charge in [-0.1, -0.05) is 0 Å². The smallest absolute Gasteiger partial charge is 0.322 e. The topological polar surface area (TPSA) is 63.2 Å². The van der Waals surface area contributed by atoms with Crippen molar-refractivity contribution >= 4 is 17.5 Å². The summed E-state index contributed by atoms with van der Waals surface area (Å²) < 4.78 is 5.18. The molecule has 1 aromatic rings. The number of likely N-dealkylation sites (N-methyl/N-ethyl adjacent to an activating group) is 1. The maximum Gasteiger partial charge on any atom is 0.322 e. The van der Waals surface area contributed by atoms with E-state index in [0.29, 0.717) is 18.6 Å². The third-order valence-electron chi connectivity index (χ3n) is 2.30. The van der Waals surface area contributed by atoms with Crippen LogP contribution < -0.4 is 10.1 Å². The van der Waals surface area contributed by atoms with Crippen LogP contribution in [0, 0.1) is 0 Å². The molecule has 0 bridgehead atoms. The number of aromatic nitrogens is 3. The summed E-state index contributed by atoms with van der Waals surface area (Å²) in [5.41, 5.74) is 0. The second kappa shape index (κ2) is 6.56. The van der Waals surface area contributed by atoms with Crippen molar-refractivity contribution in [2.45, 2.75) is 19.9 Å². The molecule has 0 fully saturated rings. The number of anilines is 1. The van der Waals surface area contributed by atoms with E-state index in [4.69, 9.17) is 16.3 Å². The third kappa shape index (κ3) is 4.70. The number of ether oxygens (including phenoxy) is 1. The lowest BCUT2D eigenvalue weighted by Crippen LogP contribution is -2.31. The molecule has 0 aromatic carbocycles. The Morgan fingerprint density at radius 1 is 1.35 bits per heavy atom. The first-order chi connectivity index (χ1) is 8.02. The summed E-state index contributed by atoms with van der Waals surface area (Å²) in [6, 6.07) is 0.605. The van der Waals surface area contributed by atoms with Crippen LogP contribution >= 0.6 is 11.6 Å². The molecule has 1 rings (SSSR count). The standard InChI is InChI=1S/C10H18ClN5O/c1-5-17-10-14-8(11)13-9(15-10)12-6-7(2)16(3)4/h7H,5-6H2,1-4H3,(H,12,13,14,15). The van der Waals surface area contributed by atoms with Gasteiger partial charge in [-0.3, -0.25) is 0 Å². The zero-order valence-electron chi connectivity index (χ0n) is 10.6. The van der Waals surface area contributed by atoms with Crippen molar-refractivity contribution < 1.29 is 4.74 Å². The van der Waals surface area contributed by atoms with Gasteiger partial charge in [0, 0.05) is 12.6 Å². The van der Waals surface area contributed by atoms with E-state index in [1.54, 1.807) is 0 Å². The molecule has 96 valence electrons. The summed E-state index contributed by atoms with van der Waals surface area (Å²) in [5, 5.41) is 3.23. The monoisotopic (exact) mass is 259 g/mol. The van der Waals surface area contributed by atoms with E-state index in [9.17, 15) is 0 Å². The lowest BCUT2D eigenvalue weighted by Gasteiger charge is -2.19. The van der Waals surface area contributed by atoms with E-state index < -0.39 is 0 Å². The first-order valence-corrected chi connectivity index (χ1v) is 5.85.